The molecule has 18 atom stereocenters. The minimum atomic E-state index is -2.20. The van der Waals surface area contributed by atoms with Crippen LogP contribution in [0.3, 0.4) is 0 Å². The zero-order valence-corrected chi connectivity index (χ0v) is 32.2. The van der Waals surface area contributed by atoms with Gasteiger partial charge in [-0.05, 0) is 140 Å². The lowest BCUT2D eigenvalue weighted by molar-refractivity contribution is -0.241. The zero-order chi connectivity index (χ0) is 36.8. The molecule has 0 aromatic heterocycles. The minimum Gasteiger partial charge on any atom is -0.393 e. The highest BCUT2D eigenvalue weighted by Crippen LogP contribution is 2.78. The first-order valence-corrected chi connectivity index (χ1v) is 20.3. The van der Waals surface area contributed by atoms with Crippen molar-refractivity contribution in [3.63, 3.8) is 0 Å². The third-order valence-electron chi connectivity index (χ3n) is 18.0. The molecule has 6 fully saturated rings. The van der Waals surface area contributed by atoms with E-state index in [9.17, 15) is 35.7 Å². The maximum atomic E-state index is 10.9. The Bertz CT molecular complexity index is 1220. The average Bonchev–Trinajstić information content (AvgIpc) is 3.49. The number of nitrogens with two attached hydrogens (primary N) is 1. The number of aliphatic hydroxyl groups excluding tert-OH is 6. The van der Waals surface area contributed by atoms with Crippen LogP contribution in [0.15, 0.2) is 0 Å². The fraction of sp³-hybridized carbons (Fsp3) is 1.00. The highest BCUT2D eigenvalue weighted by atomic mass is 16.5. The molecule has 6 aliphatic carbocycles. The molecule has 0 bridgehead atoms. The lowest BCUT2D eigenvalue weighted by Gasteiger charge is -2.73. The smallest absolute Gasteiger partial charge is 0.144 e. The summed E-state index contributed by atoms with van der Waals surface area (Å²) in [6.45, 7) is 16.8. The molecule has 6 unspecified atom stereocenters. The Labute approximate surface area is 301 Å². The second-order valence-corrected chi connectivity index (χ2v) is 20.4. The van der Waals surface area contributed by atoms with E-state index in [-0.39, 0.29) is 0 Å². The summed E-state index contributed by atoms with van der Waals surface area (Å²) in [6, 6.07) is -1.20. The Morgan fingerprint density at radius 3 is 2.00 bits per heavy atom. The molecule has 9 N–H and O–H groups in total. The van der Waals surface area contributed by atoms with E-state index in [4.69, 9.17) is 10.5 Å². The van der Waals surface area contributed by atoms with Crippen molar-refractivity contribution < 1.29 is 40.5 Å². The minimum absolute atomic E-state index is 0.327. The monoisotopic (exact) mass is 708 g/mol. The molecule has 0 aromatic carbocycles. The Morgan fingerprint density at radius 1 is 0.740 bits per heavy atom. The predicted molar refractivity (Wildman–Crippen MR) is 193 cm³/mol. The fourth-order valence-electron chi connectivity index (χ4n) is 15.0. The average molecular weight is 708 g/mol. The van der Waals surface area contributed by atoms with Crippen molar-refractivity contribution in [1.29, 1.82) is 0 Å². The van der Waals surface area contributed by atoms with Crippen LogP contribution in [0.4, 0.5) is 0 Å². The number of rotatable bonds is 10. The van der Waals surface area contributed by atoms with Crippen molar-refractivity contribution in [1.82, 2.24) is 0 Å². The summed E-state index contributed by atoms with van der Waals surface area (Å²) in [4.78, 5) is 0. The lowest BCUT2D eigenvalue weighted by atomic mass is 9.32. The number of hydrogen-bond donors (Lipinski definition) is 8. The normalized spacial score (nSPS) is 52.3. The number of ether oxygens (including phenoxy) is 1. The van der Waals surface area contributed by atoms with Gasteiger partial charge >= 0.3 is 0 Å². The zero-order valence-electron chi connectivity index (χ0n) is 32.2. The van der Waals surface area contributed by atoms with Gasteiger partial charge in [-0.2, -0.15) is 0 Å². The molecule has 0 radical (unpaired) electrons. The van der Waals surface area contributed by atoms with Crippen molar-refractivity contribution in [2.24, 2.45) is 68.3 Å². The Kier molecular flexibility index (Phi) is 10.6. The number of aliphatic hydroxyl groups is 7. The summed E-state index contributed by atoms with van der Waals surface area (Å²) in [6.07, 6.45) is 7.11. The van der Waals surface area contributed by atoms with Gasteiger partial charge in [0.2, 0.25) is 0 Å². The molecule has 0 aliphatic heterocycles. The van der Waals surface area contributed by atoms with Crippen molar-refractivity contribution in [3.05, 3.63) is 0 Å². The molecule has 0 spiro atoms. The van der Waals surface area contributed by atoms with Gasteiger partial charge in [0.25, 0.3) is 0 Å². The van der Waals surface area contributed by atoms with Gasteiger partial charge in [-0.15, -0.1) is 0 Å². The molecule has 0 aromatic rings. The standard InChI is InChI=1S/C41H73NO8/c1-23(9-10-26(44)32(46)27(45)21-50-35-31(42)33(47)34(48)41(35,49)22-43)24-13-18-37(4)25(24)14-19-39(6)29(37)11-12-30-38(5)17-8-16-36(2,3)28(38)15-20-40(30,39)7/h23-35,43-49H,8-22,42H2,1-7H3/t23?,24-,25?,26-,27+,28?,29?,30?,31-,32-,33-,34+,35?,37+,38+,39-,40-,41+/m1/s1. The summed E-state index contributed by atoms with van der Waals surface area (Å²) < 4.78 is 5.53. The summed E-state index contributed by atoms with van der Waals surface area (Å²) in [7, 11) is 0. The molecule has 9 nitrogen and oxygen atoms in total. The van der Waals surface area contributed by atoms with Crippen molar-refractivity contribution in [2.75, 3.05) is 13.2 Å². The molecule has 0 saturated heterocycles. The molecule has 6 rings (SSSR count). The van der Waals surface area contributed by atoms with E-state index in [2.05, 4.69) is 48.5 Å². The quantitative estimate of drug-likeness (QED) is 0.166. The van der Waals surface area contributed by atoms with Gasteiger partial charge in [0.05, 0.1) is 25.4 Å². The first-order valence-electron chi connectivity index (χ1n) is 20.3. The molecule has 0 heterocycles. The predicted octanol–water partition coefficient (Wildman–Crippen LogP) is 4.15. The van der Waals surface area contributed by atoms with Crippen molar-refractivity contribution in [3.8, 4) is 0 Å². The van der Waals surface area contributed by atoms with E-state index < -0.39 is 61.5 Å². The van der Waals surface area contributed by atoms with Crippen LogP contribution >= 0.6 is 0 Å². The molecule has 50 heavy (non-hydrogen) atoms. The second kappa shape index (κ2) is 13.4. The largest absolute Gasteiger partial charge is 0.393 e. The van der Waals surface area contributed by atoms with Crippen LogP contribution in [0.2, 0.25) is 0 Å². The SMILES string of the molecule is CC(CC[C@@H](O)[C@@H](O)[C@@H](O)COC1[C@H](N)[C@@H](O)[C@H](O)[C@@]1(O)CO)[C@H]1CC[C@@]2(C)C1CC[C@]1(C)C2CCC2[C@@]3(C)CCCC(C)(C)C3CC[C@]21C. The third-order valence-corrected chi connectivity index (χ3v) is 18.0. The van der Waals surface area contributed by atoms with Crippen LogP contribution in [-0.4, -0.2) is 97.2 Å². The third kappa shape index (κ3) is 5.72. The summed E-state index contributed by atoms with van der Waals surface area (Å²) in [5.74, 6) is 4.03. The molecule has 6 saturated carbocycles. The first kappa shape index (κ1) is 39.3. The molecule has 0 amide bonds. The van der Waals surface area contributed by atoms with Gasteiger partial charge in [-0.25, -0.2) is 0 Å². The van der Waals surface area contributed by atoms with Gasteiger partial charge < -0.3 is 46.2 Å². The van der Waals surface area contributed by atoms with Gasteiger partial charge in [-0.3, -0.25) is 0 Å². The molecular formula is C41H73NO8. The summed E-state index contributed by atoms with van der Waals surface area (Å²) in [5.41, 5.74) is 5.67. The maximum absolute atomic E-state index is 10.9. The lowest BCUT2D eigenvalue weighted by Crippen LogP contribution is -2.65. The van der Waals surface area contributed by atoms with E-state index >= 15 is 0 Å². The fourth-order valence-corrected chi connectivity index (χ4v) is 15.0. The second-order valence-electron chi connectivity index (χ2n) is 20.4. The van der Waals surface area contributed by atoms with E-state index in [0.717, 1.165) is 24.2 Å². The number of fused-ring (bicyclic) bond motifs is 7. The van der Waals surface area contributed by atoms with E-state index in [1.165, 1.54) is 70.6 Å². The van der Waals surface area contributed by atoms with Crippen molar-refractivity contribution >= 4 is 0 Å². The highest BCUT2D eigenvalue weighted by Gasteiger charge is 2.70. The van der Waals surface area contributed by atoms with E-state index in [0.29, 0.717) is 51.2 Å². The molecule has 290 valence electrons. The summed E-state index contributed by atoms with van der Waals surface area (Å²) in [5, 5.41) is 72.9. The van der Waals surface area contributed by atoms with Gasteiger partial charge in [0.1, 0.15) is 36.1 Å². The van der Waals surface area contributed by atoms with E-state index in [1.807, 2.05) is 0 Å². The Hall–Kier alpha value is -0.360. The maximum Gasteiger partial charge on any atom is 0.144 e. The van der Waals surface area contributed by atoms with Gasteiger partial charge in [-0.1, -0.05) is 54.9 Å². The molecular weight excluding hydrogens is 634 g/mol. The molecule has 6 aliphatic rings. The van der Waals surface area contributed by atoms with Crippen LogP contribution in [-0.2, 0) is 4.74 Å². The van der Waals surface area contributed by atoms with Crippen LogP contribution < -0.4 is 5.73 Å². The Balaban J connectivity index is 1.06. The Morgan fingerprint density at radius 2 is 1.36 bits per heavy atom. The van der Waals surface area contributed by atoms with Gasteiger partial charge in [0.15, 0.2) is 0 Å². The highest BCUT2D eigenvalue weighted by molar-refractivity contribution is 5.19. The topological polar surface area (TPSA) is 177 Å². The van der Waals surface area contributed by atoms with Crippen LogP contribution in [0.5, 0.6) is 0 Å². The van der Waals surface area contributed by atoms with Gasteiger partial charge in [0, 0.05) is 0 Å². The molecule has 9 heteroatoms. The van der Waals surface area contributed by atoms with Crippen LogP contribution in [0.1, 0.15) is 132 Å². The van der Waals surface area contributed by atoms with Crippen molar-refractivity contribution in [2.45, 2.75) is 180 Å². The van der Waals surface area contributed by atoms with Crippen LogP contribution in [0.25, 0.3) is 0 Å². The van der Waals surface area contributed by atoms with Crippen LogP contribution in [0, 0.1) is 62.6 Å². The summed E-state index contributed by atoms with van der Waals surface area (Å²) >= 11 is 0. The van der Waals surface area contributed by atoms with E-state index in [1.54, 1.807) is 0 Å². The first-order chi connectivity index (χ1) is 23.2. The number of hydrogen-bond acceptors (Lipinski definition) is 9.